The summed E-state index contributed by atoms with van der Waals surface area (Å²) in [6, 6.07) is 0. The van der Waals surface area contributed by atoms with Crippen molar-refractivity contribution >= 4 is 29.7 Å². The van der Waals surface area contributed by atoms with Crippen molar-refractivity contribution in [3.05, 3.63) is 15.6 Å². The van der Waals surface area contributed by atoms with E-state index in [1.807, 2.05) is 9.80 Å². The van der Waals surface area contributed by atoms with E-state index in [4.69, 9.17) is 0 Å². The summed E-state index contributed by atoms with van der Waals surface area (Å²) in [7, 11) is 0. The number of hydrogen-bond donors (Lipinski definition) is 1. The SMILES string of the molecule is Cc1nc(C(F)(F)F)c(CN2CCCC(C(=O)N3CCNCC3)C2)s1.Cl. The van der Waals surface area contributed by atoms with Crippen molar-refractivity contribution in [2.45, 2.75) is 32.5 Å². The second-order valence-corrected chi connectivity index (χ2v) is 7.94. The molecule has 1 aromatic heterocycles. The maximum Gasteiger partial charge on any atom is 0.434 e. The maximum atomic E-state index is 13.1. The fraction of sp³-hybridized carbons (Fsp3) is 0.750. The highest BCUT2D eigenvalue weighted by Crippen LogP contribution is 2.35. The number of piperazine rings is 1. The van der Waals surface area contributed by atoms with Crippen LogP contribution in [-0.2, 0) is 17.5 Å². The first-order valence-corrected chi connectivity index (χ1v) is 9.41. The van der Waals surface area contributed by atoms with Crippen LogP contribution in [0.5, 0.6) is 0 Å². The van der Waals surface area contributed by atoms with E-state index in [9.17, 15) is 18.0 Å². The van der Waals surface area contributed by atoms with Crippen molar-refractivity contribution < 1.29 is 18.0 Å². The van der Waals surface area contributed by atoms with Gasteiger partial charge in [-0.2, -0.15) is 13.2 Å². The number of aryl methyl sites for hydroxylation is 1. The second-order valence-electron chi connectivity index (χ2n) is 6.65. The average molecular weight is 413 g/mol. The van der Waals surface area contributed by atoms with Crippen LogP contribution < -0.4 is 5.32 Å². The van der Waals surface area contributed by atoms with Crippen LogP contribution in [-0.4, -0.2) is 60.0 Å². The van der Waals surface area contributed by atoms with Crippen LogP contribution in [0, 0.1) is 12.8 Å². The number of hydrogen-bond acceptors (Lipinski definition) is 5. The molecular formula is C16H24ClF3N4OS. The van der Waals surface area contributed by atoms with Crippen molar-refractivity contribution in [2.75, 3.05) is 39.3 Å². The predicted molar refractivity (Wildman–Crippen MR) is 96.6 cm³/mol. The number of piperidine rings is 1. The number of amides is 1. The molecule has 0 spiro atoms. The van der Waals surface area contributed by atoms with Gasteiger partial charge in [-0.25, -0.2) is 4.98 Å². The predicted octanol–water partition coefficient (Wildman–Crippen LogP) is 2.54. The molecule has 0 radical (unpaired) electrons. The number of likely N-dealkylation sites (tertiary alicyclic amines) is 1. The van der Waals surface area contributed by atoms with Crippen LogP contribution >= 0.6 is 23.7 Å². The van der Waals surface area contributed by atoms with E-state index in [1.54, 1.807) is 6.92 Å². The smallest absolute Gasteiger partial charge is 0.340 e. The quantitative estimate of drug-likeness (QED) is 0.828. The Bertz CT molecular complexity index is 619. The summed E-state index contributed by atoms with van der Waals surface area (Å²) in [6.45, 7) is 6.08. The lowest BCUT2D eigenvalue weighted by Crippen LogP contribution is -2.51. The van der Waals surface area contributed by atoms with Crippen LogP contribution in [0.4, 0.5) is 13.2 Å². The molecule has 26 heavy (non-hydrogen) atoms. The number of carbonyl (C=O) groups is 1. The van der Waals surface area contributed by atoms with Gasteiger partial charge in [-0.05, 0) is 26.3 Å². The van der Waals surface area contributed by atoms with Crippen LogP contribution in [0.2, 0.25) is 0 Å². The molecule has 3 heterocycles. The first kappa shape index (κ1) is 21.4. The molecule has 0 bridgehead atoms. The molecule has 10 heteroatoms. The Kier molecular flexibility index (Phi) is 7.29. The molecule has 5 nitrogen and oxygen atoms in total. The number of halogens is 4. The fourth-order valence-corrected chi connectivity index (χ4v) is 4.54. The molecule has 0 saturated carbocycles. The van der Waals surface area contributed by atoms with Gasteiger partial charge in [-0.1, -0.05) is 0 Å². The minimum Gasteiger partial charge on any atom is -0.340 e. The van der Waals surface area contributed by atoms with Crippen molar-refractivity contribution in [3.63, 3.8) is 0 Å². The highest BCUT2D eigenvalue weighted by atomic mass is 35.5. The summed E-state index contributed by atoms with van der Waals surface area (Å²) >= 11 is 1.10. The Morgan fingerprint density at radius 1 is 1.31 bits per heavy atom. The molecule has 2 aliphatic heterocycles. The van der Waals surface area contributed by atoms with Gasteiger partial charge >= 0.3 is 6.18 Å². The van der Waals surface area contributed by atoms with Gasteiger partial charge in [0.1, 0.15) is 0 Å². The molecule has 3 rings (SSSR count). The van der Waals surface area contributed by atoms with Crippen molar-refractivity contribution in [1.82, 2.24) is 20.1 Å². The second kappa shape index (κ2) is 8.86. The third-order valence-electron chi connectivity index (χ3n) is 4.72. The molecule has 1 atom stereocenters. The van der Waals surface area contributed by atoms with E-state index in [-0.39, 0.29) is 35.7 Å². The summed E-state index contributed by atoms with van der Waals surface area (Å²) in [4.78, 5) is 20.4. The van der Waals surface area contributed by atoms with Crippen LogP contribution in [0.25, 0.3) is 0 Å². The highest BCUT2D eigenvalue weighted by Gasteiger charge is 2.38. The van der Waals surface area contributed by atoms with Crippen LogP contribution in [0.3, 0.4) is 0 Å². The lowest BCUT2D eigenvalue weighted by Gasteiger charge is -2.36. The van der Waals surface area contributed by atoms with Gasteiger partial charge in [0.2, 0.25) is 5.91 Å². The first-order chi connectivity index (χ1) is 11.8. The number of alkyl halides is 3. The van der Waals surface area contributed by atoms with E-state index in [0.717, 1.165) is 43.8 Å². The molecule has 0 aromatic carbocycles. The van der Waals surface area contributed by atoms with Gasteiger partial charge < -0.3 is 10.2 Å². The van der Waals surface area contributed by atoms with Gasteiger partial charge in [-0.15, -0.1) is 23.7 Å². The van der Waals surface area contributed by atoms with Gasteiger partial charge in [0, 0.05) is 39.3 Å². The van der Waals surface area contributed by atoms with Gasteiger partial charge in [-0.3, -0.25) is 9.69 Å². The minimum absolute atomic E-state index is 0. The lowest BCUT2D eigenvalue weighted by molar-refractivity contribution is -0.142. The monoisotopic (exact) mass is 412 g/mol. The Morgan fingerprint density at radius 3 is 2.65 bits per heavy atom. The molecule has 1 amide bonds. The minimum atomic E-state index is -4.42. The zero-order chi connectivity index (χ0) is 18.0. The van der Waals surface area contributed by atoms with E-state index >= 15 is 0 Å². The molecule has 1 N–H and O–H groups in total. The number of nitrogens with one attached hydrogen (secondary N) is 1. The Morgan fingerprint density at radius 2 is 2.00 bits per heavy atom. The average Bonchev–Trinajstić information content (AvgIpc) is 2.96. The summed E-state index contributed by atoms with van der Waals surface area (Å²) in [5.74, 6) is 0.0259. The van der Waals surface area contributed by atoms with E-state index in [0.29, 0.717) is 24.6 Å². The van der Waals surface area contributed by atoms with E-state index in [2.05, 4.69) is 10.3 Å². The van der Waals surface area contributed by atoms with Crippen molar-refractivity contribution in [3.8, 4) is 0 Å². The van der Waals surface area contributed by atoms with Crippen molar-refractivity contribution in [1.29, 1.82) is 0 Å². The Hall–Kier alpha value is -0.900. The molecule has 1 unspecified atom stereocenters. The fourth-order valence-electron chi connectivity index (χ4n) is 3.55. The zero-order valence-electron chi connectivity index (χ0n) is 14.6. The summed E-state index contributed by atoms with van der Waals surface area (Å²) in [5.41, 5.74) is -0.773. The standard InChI is InChI=1S/C16H23F3N4OS.ClH/c1-11-21-14(16(17,18)19)13(25-11)10-22-6-2-3-12(9-22)15(24)23-7-4-20-5-8-23;/h12,20H,2-10H2,1H3;1H. The van der Waals surface area contributed by atoms with Gasteiger partial charge in [0.05, 0.1) is 15.8 Å². The zero-order valence-corrected chi connectivity index (χ0v) is 16.3. The summed E-state index contributed by atoms with van der Waals surface area (Å²) in [5, 5.41) is 3.64. The number of nitrogens with zero attached hydrogens (tertiary/aromatic N) is 3. The maximum absolute atomic E-state index is 13.1. The van der Waals surface area contributed by atoms with E-state index in [1.165, 1.54) is 0 Å². The number of thiazole rings is 1. The van der Waals surface area contributed by atoms with E-state index < -0.39 is 11.9 Å². The molecule has 2 aliphatic rings. The topological polar surface area (TPSA) is 48.5 Å². The number of aromatic nitrogens is 1. The van der Waals surface area contributed by atoms with Gasteiger partial charge in [0.25, 0.3) is 0 Å². The number of carbonyl (C=O) groups excluding carboxylic acids is 1. The molecule has 0 aliphatic carbocycles. The molecule has 2 saturated heterocycles. The molecule has 2 fully saturated rings. The summed E-state index contributed by atoms with van der Waals surface area (Å²) < 4.78 is 39.4. The molecule has 1 aromatic rings. The Balaban J connectivity index is 0.00000243. The lowest BCUT2D eigenvalue weighted by atomic mass is 9.96. The third kappa shape index (κ3) is 5.09. The normalized spacial score (nSPS) is 22.2. The largest absolute Gasteiger partial charge is 0.434 e. The number of rotatable bonds is 3. The van der Waals surface area contributed by atoms with Crippen LogP contribution in [0.15, 0.2) is 0 Å². The highest BCUT2D eigenvalue weighted by molar-refractivity contribution is 7.11. The molecule has 148 valence electrons. The van der Waals surface area contributed by atoms with Gasteiger partial charge in [0.15, 0.2) is 5.69 Å². The molecular weight excluding hydrogens is 389 g/mol. The third-order valence-corrected chi connectivity index (χ3v) is 5.68. The van der Waals surface area contributed by atoms with Crippen molar-refractivity contribution in [2.24, 2.45) is 5.92 Å². The first-order valence-electron chi connectivity index (χ1n) is 8.60. The van der Waals surface area contributed by atoms with Crippen LogP contribution in [0.1, 0.15) is 28.4 Å². The Labute approximate surface area is 161 Å². The summed E-state index contributed by atoms with van der Waals surface area (Å²) in [6.07, 6.45) is -2.78.